The molecule has 0 spiro atoms. The van der Waals surface area contributed by atoms with E-state index in [1.54, 1.807) is 0 Å². The van der Waals surface area contributed by atoms with Gasteiger partial charge in [0.25, 0.3) is 0 Å². The highest BCUT2D eigenvalue weighted by Crippen LogP contribution is 2.29. The van der Waals surface area contributed by atoms with E-state index in [0.29, 0.717) is 18.4 Å². The smallest absolute Gasteiger partial charge is 0.220 e. The number of anilines is 1. The SMILES string of the molecule is N#Cc1ccccc1N1CCC(NC(=O)C[C@H]2[C@H](N)C[C@@H]2O)CC1. The lowest BCUT2D eigenvalue weighted by Gasteiger charge is -2.39. The number of amides is 1. The van der Waals surface area contributed by atoms with Crippen molar-refractivity contribution in [1.29, 1.82) is 5.26 Å². The molecule has 1 aliphatic heterocycles. The number of carbonyl (C=O) groups excluding carboxylic acids is 1. The van der Waals surface area contributed by atoms with Gasteiger partial charge in [0, 0.05) is 37.5 Å². The molecule has 1 saturated heterocycles. The zero-order valence-corrected chi connectivity index (χ0v) is 13.7. The number of nitrogens with zero attached hydrogens (tertiary/aromatic N) is 2. The van der Waals surface area contributed by atoms with E-state index in [1.807, 2.05) is 24.3 Å². The highest BCUT2D eigenvalue weighted by atomic mass is 16.3. The number of nitrogens with one attached hydrogen (secondary N) is 1. The number of hydrogen-bond donors (Lipinski definition) is 3. The van der Waals surface area contributed by atoms with Crippen LogP contribution in [0.15, 0.2) is 24.3 Å². The van der Waals surface area contributed by atoms with E-state index < -0.39 is 6.10 Å². The van der Waals surface area contributed by atoms with Crippen molar-refractivity contribution in [3.63, 3.8) is 0 Å². The van der Waals surface area contributed by atoms with Gasteiger partial charge in [-0.1, -0.05) is 12.1 Å². The first-order valence-electron chi connectivity index (χ1n) is 8.55. The van der Waals surface area contributed by atoms with Gasteiger partial charge in [0.15, 0.2) is 0 Å². The van der Waals surface area contributed by atoms with Crippen LogP contribution in [-0.2, 0) is 4.79 Å². The Labute approximate surface area is 142 Å². The molecular weight excluding hydrogens is 304 g/mol. The summed E-state index contributed by atoms with van der Waals surface area (Å²) >= 11 is 0. The number of piperidine rings is 1. The Hall–Kier alpha value is -2.10. The molecule has 1 aliphatic carbocycles. The molecule has 0 radical (unpaired) electrons. The molecule has 2 aliphatic rings. The van der Waals surface area contributed by atoms with Crippen molar-refractivity contribution in [2.75, 3.05) is 18.0 Å². The van der Waals surface area contributed by atoms with Gasteiger partial charge in [0.1, 0.15) is 6.07 Å². The molecule has 0 bridgehead atoms. The minimum absolute atomic E-state index is 0.0231. The largest absolute Gasteiger partial charge is 0.393 e. The molecule has 1 aromatic carbocycles. The molecule has 128 valence electrons. The van der Waals surface area contributed by atoms with Gasteiger partial charge in [0.2, 0.25) is 5.91 Å². The van der Waals surface area contributed by atoms with Crippen LogP contribution in [0.4, 0.5) is 5.69 Å². The van der Waals surface area contributed by atoms with Gasteiger partial charge in [-0.25, -0.2) is 0 Å². The average Bonchev–Trinajstić information content (AvgIpc) is 2.60. The van der Waals surface area contributed by atoms with Crippen molar-refractivity contribution in [3.05, 3.63) is 29.8 Å². The third-order valence-corrected chi connectivity index (χ3v) is 5.20. The van der Waals surface area contributed by atoms with Crippen LogP contribution in [0, 0.1) is 17.2 Å². The Kier molecular flexibility index (Phi) is 5.03. The second-order valence-electron chi connectivity index (χ2n) is 6.79. The summed E-state index contributed by atoms with van der Waals surface area (Å²) in [5, 5.41) is 21.9. The third kappa shape index (κ3) is 3.53. The molecule has 1 amide bonds. The van der Waals surface area contributed by atoms with E-state index in [-0.39, 0.29) is 23.9 Å². The number of benzene rings is 1. The lowest BCUT2D eigenvalue weighted by atomic mass is 9.75. The van der Waals surface area contributed by atoms with Crippen molar-refractivity contribution < 1.29 is 9.90 Å². The summed E-state index contributed by atoms with van der Waals surface area (Å²) in [4.78, 5) is 14.3. The van der Waals surface area contributed by atoms with Crippen LogP contribution in [-0.4, -0.2) is 42.3 Å². The molecule has 1 heterocycles. The van der Waals surface area contributed by atoms with Crippen LogP contribution in [0.25, 0.3) is 0 Å². The van der Waals surface area contributed by atoms with Gasteiger partial charge >= 0.3 is 0 Å². The second-order valence-corrected chi connectivity index (χ2v) is 6.79. The quantitative estimate of drug-likeness (QED) is 0.756. The van der Waals surface area contributed by atoms with Gasteiger partial charge in [-0.2, -0.15) is 5.26 Å². The van der Waals surface area contributed by atoms with E-state index in [0.717, 1.165) is 31.6 Å². The van der Waals surface area contributed by atoms with Crippen molar-refractivity contribution >= 4 is 11.6 Å². The highest BCUT2D eigenvalue weighted by molar-refractivity contribution is 5.77. The van der Waals surface area contributed by atoms with Gasteiger partial charge in [0.05, 0.1) is 17.4 Å². The molecule has 0 aromatic heterocycles. The Morgan fingerprint density at radius 2 is 2.08 bits per heavy atom. The van der Waals surface area contributed by atoms with E-state index >= 15 is 0 Å². The van der Waals surface area contributed by atoms with Crippen LogP contribution in [0.5, 0.6) is 0 Å². The van der Waals surface area contributed by atoms with Crippen LogP contribution in [0.2, 0.25) is 0 Å². The Bertz CT molecular complexity index is 626. The van der Waals surface area contributed by atoms with Gasteiger partial charge in [-0.3, -0.25) is 4.79 Å². The predicted octanol–water partition coefficient (Wildman–Crippen LogP) is 0.741. The minimum atomic E-state index is -0.435. The van der Waals surface area contributed by atoms with Crippen molar-refractivity contribution in [1.82, 2.24) is 5.32 Å². The number of rotatable bonds is 4. The monoisotopic (exact) mass is 328 g/mol. The fourth-order valence-electron chi connectivity index (χ4n) is 3.61. The maximum Gasteiger partial charge on any atom is 0.220 e. The first kappa shape index (κ1) is 16.7. The topological polar surface area (TPSA) is 102 Å². The lowest BCUT2D eigenvalue weighted by Crippen LogP contribution is -2.53. The highest BCUT2D eigenvalue weighted by Gasteiger charge is 2.38. The molecule has 2 fully saturated rings. The van der Waals surface area contributed by atoms with Gasteiger partial charge in [-0.05, 0) is 31.4 Å². The maximum atomic E-state index is 12.1. The second kappa shape index (κ2) is 7.20. The Morgan fingerprint density at radius 3 is 2.71 bits per heavy atom. The van der Waals surface area contributed by atoms with Crippen LogP contribution in [0.3, 0.4) is 0 Å². The normalized spacial score (nSPS) is 27.2. The van der Waals surface area contributed by atoms with E-state index in [1.165, 1.54) is 0 Å². The number of nitriles is 1. The molecule has 24 heavy (non-hydrogen) atoms. The number of aliphatic hydroxyl groups is 1. The van der Waals surface area contributed by atoms with Crippen LogP contribution >= 0.6 is 0 Å². The lowest BCUT2D eigenvalue weighted by molar-refractivity contribution is -0.126. The molecule has 6 nitrogen and oxygen atoms in total. The van der Waals surface area contributed by atoms with E-state index in [4.69, 9.17) is 5.73 Å². The fraction of sp³-hybridized carbons (Fsp3) is 0.556. The standard InChI is InChI=1S/C18H24N4O2/c19-11-12-3-1-2-4-16(12)22-7-5-13(6-8-22)21-18(24)9-14-15(20)10-17(14)23/h1-4,13-15,17,23H,5-10,20H2,(H,21,24)/t14-,15+,17-/m0/s1. The van der Waals surface area contributed by atoms with E-state index in [9.17, 15) is 15.2 Å². The molecule has 3 atom stereocenters. The number of carbonyl (C=O) groups is 1. The van der Waals surface area contributed by atoms with Crippen molar-refractivity contribution in [3.8, 4) is 6.07 Å². The van der Waals surface area contributed by atoms with Crippen molar-refractivity contribution in [2.45, 2.75) is 43.9 Å². The van der Waals surface area contributed by atoms with Gasteiger partial charge in [-0.15, -0.1) is 0 Å². The first-order chi connectivity index (χ1) is 11.6. The Balaban J connectivity index is 1.49. The molecular formula is C18H24N4O2. The number of aliphatic hydroxyl groups excluding tert-OH is 1. The zero-order chi connectivity index (χ0) is 17.1. The fourth-order valence-corrected chi connectivity index (χ4v) is 3.61. The first-order valence-corrected chi connectivity index (χ1v) is 8.55. The summed E-state index contributed by atoms with van der Waals surface area (Å²) in [6.07, 6.45) is 2.17. The van der Waals surface area contributed by atoms with Gasteiger partial charge < -0.3 is 21.1 Å². The number of para-hydroxylation sites is 1. The maximum absolute atomic E-state index is 12.1. The minimum Gasteiger partial charge on any atom is -0.393 e. The summed E-state index contributed by atoms with van der Waals surface area (Å²) in [5.41, 5.74) is 7.49. The molecule has 6 heteroatoms. The van der Waals surface area contributed by atoms with Crippen LogP contribution in [0.1, 0.15) is 31.2 Å². The Morgan fingerprint density at radius 1 is 1.38 bits per heavy atom. The zero-order valence-electron chi connectivity index (χ0n) is 13.7. The van der Waals surface area contributed by atoms with E-state index in [2.05, 4.69) is 16.3 Å². The molecule has 4 N–H and O–H groups in total. The number of hydrogen-bond acceptors (Lipinski definition) is 5. The molecule has 0 unspecified atom stereocenters. The third-order valence-electron chi connectivity index (χ3n) is 5.20. The molecule has 3 rings (SSSR count). The molecule has 1 saturated carbocycles. The van der Waals surface area contributed by atoms with Crippen molar-refractivity contribution in [2.24, 2.45) is 11.7 Å². The molecule has 1 aromatic rings. The summed E-state index contributed by atoms with van der Waals surface area (Å²) < 4.78 is 0. The number of nitrogens with two attached hydrogens (primary N) is 1. The summed E-state index contributed by atoms with van der Waals surface area (Å²) in [5.74, 6) is -0.127. The predicted molar refractivity (Wildman–Crippen MR) is 91.2 cm³/mol. The summed E-state index contributed by atoms with van der Waals surface area (Å²) in [6, 6.07) is 9.93. The summed E-state index contributed by atoms with van der Waals surface area (Å²) in [6.45, 7) is 1.63. The summed E-state index contributed by atoms with van der Waals surface area (Å²) in [7, 11) is 0. The van der Waals surface area contributed by atoms with Crippen LogP contribution < -0.4 is 16.0 Å². The average molecular weight is 328 g/mol.